The Kier molecular flexibility index (Phi) is 36.2. The molecule has 10 aromatic heterocycles. The van der Waals surface area contributed by atoms with Crippen LogP contribution in [-0.4, -0.2) is 226 Å². The molecule has 0 spiro atoms. The molecule has 30 heteroatoms. The van der Waals surface area contributed by atoms with Crippen LogP contribution in [0.4, 0.5) is 4.79 Å². The van der Waals surface area contributed by atoms with E-state index in [1.807, 2.05) is 200 Å². The van der Waals surface area contributed by atoms with Crippen molar-refractivity contribution in [3.05, 3.63) is 298 Å². The van der Waals surface area contributed by atoms with E-state index in [1.54, 1.807) is 4.90 Å². The first-order chi connectivity index (χ1) is 68.8. The smallest absolute Gasteiger partial charge is 0.409 e. The number of aromatic nitrogens is 10. The van der Waals surface area contributed by atoms with E-state index < -0.39 is 0 Å². The van der Waals surface area contributed by atoms with Crippen LogP contribution in [0.15, 0.2) is 245 Å². The lowest BCUT2D eigenvalue weighted by atomic mass is 9.89. The normalized spacial score (nSPS) is 15.4. The van der Waals surface area contributed by atoms with Crippen molar-refractivity contribution in [3.63, 3.8) is 0 Å². The lowest BCUT2D eigenvalue weighted by molar-refractivity contribution is -0.133. The number of rotatable bonds is 26. The van der Waals surface area contributed by atoms with Gasteiger partial charge in [0.2, 0.25) is 17.7 Å². The molecule has 738 valence electrons. The van der Waals surface area contributed by atoms with Crippen molar-refractivity contribution in [2.45, 2.75) is 145 Å². The number of fused-ring (bicyclic) bond motifs is 5. The van der Waals surface area contributed by atoms with Crippen LogP contribution >= 0.6 is 58.0 Å². The number of unbranched alkanes of at least 4 members (excludes halogenated alkanes) is 1. The molecule has 0 bridgehead atoms. The van der Waals surface area contributed by atoms with Gasteiger partial charge in [-0.2, -0.15) is 0 Å². The second-order valence-corrected chi connectivity index (χ2v) is 39.7. The number of likely N-dealkylation sites (tertiary alicyclic amines) is 5. The average Bonchev–Trinajstić information content (AvgIpc) is 1.64. The molecule has 5 aromatic carbocycles. The Bertz CT molecular complexity index is 6440. The van der Waals surface area contributed by atoms with Crippen LogP contribution in [0.1, 0.15) is 173 Å². The summed E-state index contributed by atoms with van der Waals surface area (Å²) in [7, 11) is 4.10. The van der Waals surface area contributed by atoms with Crippen LogP contribution in [0.3, 0.4) is 0 Å². The molecule has 15 heterocycles. The van der Waals surface area contributed by atoms with E-state index in [4.69, 9.17) is 85.7 Å². The molecule has 0 aliphatic carbocycles. The summed E-state index contributed by atoms with van der Waals surface area (Å²) >= 11 is 30.3. The molecule has 4 amide bonds. The Morgan fingerprint density at radius 3 is 0.816 bits per heavy atom. The van der Waals surface area contributed by atoms with Crippen LogP contribution in [0.5, 0.6) is 0 Å². The standard InChI is InChI=1S/C24H29ClN4O.C23H27ClN4O.C22H25ClN4O2.C22H25ClN4O.C20H23ClN4/c1-27(2)13-3-4-24(30)28-14-10-18(11-15-28)22-17-29(20-7-5-19(25)6-8-20)23-16-26-12-9-21(22)23;24-18-4-6-19(7-5-18)28-16-21(20-8-12-26-15-22(20)28)17-9-13-27(14-10-17)23(29)3-1-2-11-25;23-17-2-4-18(5-3-17)27-15-20(19-6-10-25-14-21(19)27)16-7-11-26(12-8-16)22(28)29-13-1-9-24;23-17-3-5-18(6-4-17)27-15-20(19-7-11-25-14-21(19)27)16-8-12-26(13-9-16)22(28)2-1-10-24;21-16-1-3-17(4-2-16)25-14-19(18-5-9-23-13-20(18)25)15-6-10-24(11-7-15)12-8-22/h5-9,12,16-18H,3-4,10-11,13-15H2,1-2H3;4-8,12,15-17H,1-3,9-11,13-14,25H2;2-6,10,14-16H,1,7-9,11-13,24H2;3-7,11,14-16H,1-2,8-10,12-13,24H2;1-5,9,13-15H,6-8,10-12,22H2. The Balaban J connectivity index is 0.000000127. The summed E-state index contributed by atoms with van der Waals surface area (Å²) in [6.45, 7) is 13.4. The highest BCUT2D eigenvalue weighted by Crippen LogP contribution is 2.43. The van der Waals surface area contributed by atoms with Crippen LogP contribution in [0.25, 0.3) is 83.0 Å². The number of amides is 4. The number of halogens is 5. The first-order valence-corrected chi connectivity index (χ1v) is 51.7. The molecular weight excluding hydrogens is 1870 g/mol. The molecule has 5 aliphatic heterocycles. The van der Waals surface area contributed by atoms with Crippen LogP contribution < -0.4 is 22.9 Å². The van der Waals surface area contributed by atoms with Crippen molar-refractivity contribution in [2.75, 3.05) is 125 Å². The predicted octanol–water partition coefficient (Wildman–Crippen LogP) is 21.5. The number of nitrogens with zero attached hydrogens (tertiary/aromatic N) is 16. The molecule has 0 atom stereocenters. The zero-order chi connectivity index (χ0) is 98.3. The molecule has 0 saturated carbocycles. The summed E-state index contributed by atoms with van der Waals surface area (Å²) in [4.78, 5) is 83.5. The first-order valence-electron chi connectivity index (χ1n) is 49.8. The third kappa shape index (κ3) is 25.7. The third-order valence-electron chi connectivity index (χ3n) is 28.3. The van der Waals surface area contributed by atoms with Gasteiger partial charge < -0.3 is 79.9 Å². The zero-order valence-electron chi connectivity index (χ0n) is 80.6. The quantitative estimate of drug-likeness (QED) is 0.0366. The molecule has 5 fully saturated rings. The van der Waals surface area contributed by atoms with Crippen molar-refractivity contribution in [3.8, 4) is 28.4 Å². The Morgan fingerprint density at radius 1 is 0.312 bits per heavy atom. The van der Waals surface area contributed by atoms with Gasteiger partial charge in [0.15, 0.2) is 0 Å². The minimum atomic E-state index is -0.232. The van der Waals surface area contributed by atoms with Gasteiger partial charge in [-0.25, -0.2) is 4.79 Å². The SMILES string of the molecule is CN(C)CCCC(=O)N1CCC(c2cn(-c3ccc(Cl)cc3)c3cnccc23)CC1.NCCCC(=O)N1CCC(c2cn(-c3ccc(Cl)cc3)c3cnccc23)CC1.NCCCCC(=O)N1CCC(c2cn(-c3ccc(Cl)cc3)c3cnccc23)CC1.NCCCOC(=O)N1CCC(c2cn(-c3ccc(Cl)cc3)c3cnccc23)CC1.NCCN1CCC(c2cn(-c3ccc(Cl)cc3)c3cnccc23)CC1. The number of carbonyl (C=O) groups excluding carboxylic acids is 4. The maximum Gasteiger partial charge on any atom is 0.409 e. The number of carbonyl (C=O) groups is 4. The van der Waals surface area contributed by atoms with Gasteiger partial charge in [0.25, 0.3) is 0 Å². The van der Waals surface area contributed by atoms with E-state index in [1.165, 1.54) is 67.6 Å². The predicted molar refractivity (Wildman–Crippen MR) is 571 cm³/mol. The van der Waals surface area contributed by atoms with Crippen molar-refractivity contribution >= 4 is 136 Å². The van der Waals surface area contributed by atoms with Crippen molar-refractivity contribution in [1.82, 2.24) is 77.2 Å². The van der Waals surface area contributed by atoms with E-state index in [0.29, 0.717) is 106 Å². The zero-order valence-corrected chi connectivity index (χ0v) is 84.4. The Morgan fingerprint density at radius 2 is 0.560 bits per heavy atom. The van der Waals surface area contributed by atoms with Gasteiger partial charge in [-0.15, -0.1) is 0 Å². The highest BCUT2D eigenvalue weighted by molar-refractivity contribution is 6.32. The van der Waals surface area contributed by atoms with Gasteiger partial charge in [0.05, 0.1) is 65.2 Å². The molecular formula is C111H129Cl5N20O5. The molecule has 141 heavy (non-hydrogen) atoms. The molecule has 0 unspecified atom stereocenters. The van der Waals surface area contributed by atoms with Crippen LogP contribution in [0, 0.1) is 0 Å². The summed E-state index contributed by atoms with van der Waals surface area (Å²) in [5.41, 5.74) is 39.9. The molecule has 0 radical (unpaired) electrons. The third-order valence-corrected chi connectivity index (χ3v) is 29.5. The molecule has 5 saturated heterocycles. The Labute approximate surface area is 851 Å². The fraction of sp³-hybridized carbons (Fsp3) is 0.378. The Hall–Kier alpha value is -11.6. The maximum absolute atomic E-state index is 12.5. The monoisotopic (exact) mass is 2000 g/mol. The van der Waals surface area contributed by atoms with Crippen molar-refractivity contribution < 1.29 is 23.9 Å². The fourth-order valence-corrected chi connectivity index (χ4v) is 21.2. The average molecular weight is 2000 g/mol. The topological polar surface area (TPSA) is 290 Å². The van der Waals surface area contributed by atoms with Crippen molar-refractivity contribution in [1.29, 1.82) is 0 Å². The second kappa shape index (κ2) is 49.9. The van der Waals surface area contributed by atoms with E-state index in [-0.39, 0.29) is 17.9 Å². The lowest BCUT2D eigenvalue weighted by Gasteiger charge is -2.32. The molecule has 15 aromatic rings. The molecule has 8 N–H and O–H groups in total. The van der Waals surface area contributed by atoms with Gasteiger partial charge in [-0.3, -0.25) is 39.3 Å². The van der Waals surface area contributed by atoms with E-state index in [9.17, 15) is 19.2 Å². The summed E-state index contributed by atoms with van der Waals surface area (Å²) in [5, 5.41) is 9.89. The number of nitrogens with two attached hydrogens (primary N) is 4. The molecule has 5 aliphatic rings. The number of hydrogen-bond acceptors (Lipinski definition) is 16. The fourth-order valence-electron chi connectivity index (χ4n) is 20.6. The van der Waals surface area contributed by atoms with Gasteiger partial charge >= 0.3 is 6.09 Å². The molecule has 25 nitrogen and oxygen atoms in total. The number of pyridine rings is 5. The van der Waals surface area contributed by atoms with Crippen LogP contribution in [-0.2, 0) is 19.1 Å². The molecule has 20 rings (SSSR count). The van der Waals surface area contributed by atoms with Crippen molar-refractivity contribution in [2.24, 2.45) is 22.9 Å². The van der Waals surface area contributed by atoms with Gasteiger partial charge in [0, 0.05) is 227 Å². The van der Waals surface area contributed by atoms with Gasteiger partial charge in [-0.1, -0.05) is 58.0 Å². The van der Waals surface area contributed by atoms with Gasteiger partial charge in [-0.05, 0) is 359 Å². The summed E-state index contributed by atoms with van der Waals surface area (Å²) in [6.07, 6.45) is 46.0. The maximum atomic E-state index is 12.5. The summed E-state index contributed by atoms with van der Waals surface area (Å²) < 4.78 is 16.3. The number of benzene rings is 5. The number of hydrogen-bond donors (Lipinski definition) is 4. The van der Waals surface area contributed by atoms with E-state index in [0.717, 1.165) is 225 Å². The van der Waals surface area contributed by atoms with Crippen LogP contribution in [0.2, 0.25) is 25.1 Å². The lowest BCUT2D eigenvalue weighted by Crippen LogP contribution is -2.38. The number of ether oxygens (including phenoxy) is 1. The number of piperidine rings is 5. The second-order valence-electron chi connectivity index (χ2n) is 37.6. The minimum Gasteiger partial charge on any atom is -0.449 e. The highest BCUT2D eigenvalue weighted by Gasteiger charge is 2.33. The first kappa shape index (κ1) is 102. The highest BCUT2D eigenvalue weighted by atomic mass is 35.5. The van der Waals surface area contributed by atoms with Gasteiger partial charge in [0.1, 0.15) is 0 Å². The minimum absolute atomic E-state index is 0.232. The van der Waals surface area contributed by atoms with E-state index >= 15 is 0 Å². The largest absolute Gasteiger partial charge is 0.449 e. The summed E-state index contributed by atoms with van der Waals surface area (Å²) in [6, 6.07) is 50.0. The van der Waals surface area contributed by atoms with E-state index in [2.05, 4.69) is 131 Å². The summed E-state index contributed by atoms with van der Waals surface area (Å²) in [5.74, 6) is 3.12.